The molecule has 2 rings (SSSR count). The molecule has 0 amide bonds. The summed E-state index contributed by atoms with van der Waals surface area (Å²) in [7, 11) is 1.75. The molecule has 22 heavy (non-hydrogen) atoms. The van der Waals surface area contributed by atoms with E-state index < -0.39 is 0 Å². The van der Waals surface area contributed by atoms with Crippen molar-refractivity contribution in [3.05, 3.63) is 29.8 Å². The number of aromatic hydroxyl groups is 1. The minimum Gasteiger partial charge on any atom is -0.508 e. The SMILES string of the molecule is COCCCCCN(Cc1ccccc1O)CC1CCCO1. The molecule has 0 spiro atoms. The highest BCUT2D eigenvalue weighted by molar-refractivity contribution is 5.31. The molecule has 0 aliphatic carbocycles. The van der Waals surface area contributed by atoms with Crippen LogP contribution in [0.15, 0.2) is 24.3 Å². The van der Waals surface area contributed by atoms with Gasteiger partial charge in [-0.1, -0.05) is 18.2 Å². The molecule has 0 saturated carbocycles. The molecule has 1 N–H and O–H groups in total. The molecule has 0 radical (unpaired) electrons. The third kappa shape index (κ3) is 5.95. The van der Waals surface area contributed by atoms with E-state index in [2.05, 4.69) is 4.90 Å². The zero-order chi connectivity index (χ0) is 15.6. The first-order valence-electron chi connectivity index (χ1n) is 8.39. The standard InChI is InChI=1S/C18H29NO3/c1-21-12-6-2-5-11-19(15-17-9-7-13-22-17)14-16-8-3-4-10-18(16)20/h3-4,8,10,17,20H,2,5-7,9,11-15H2,1H3. The van der Waals surface area contributed by atoms with E-state index in [9.17, 15) is 5.11 Å². The number of methoxy groups -OCH3 is 1. The summed E-state index contributed by atoms with van der Waals surface area (Å²) >= 11 is 0. The Morgan fingerprint density at radius 3 is 2.86 bits per heavy atom. The fourth-order valence-electron chi connectivity index (χ4n) is 2.96. The predicted molar refractivity (Wildman–Crippen MR) is 88.1 cm³/mol. The van der Waals surface area contributed by atoms with E-state index in [0.717, 1.165) is 57.7 Å². The maximum absolute atomic E-state index is 9.99. The first-order chi connectivity index (χ1) is 10.8. The Morgan fingerprint density at radius 2 is 2.14 bits per heavy atom. The largest absolute Gasteiger partial charge is 0.508 e. The summed E-state index contributed by atoms with van der Waals surface area (Å²) in [5.74, 6) is 0.388. The number of unbranched alkanes of at least 4 members (excludes halogenated alkanes) is 2. The van der Waals surface area contributed by atoms with E-state index in [1.807, 2.05) is 18.2 Å². The van der Waals surface area contributed by atoms with E-state index in [0.29, 0.717) is 11.9 Å². The van der Waals surface area contributed by atoms with Crippen molar-refractivity contribution in [3.63, 3.8) is 0 Å². The minimum atomic E-state index is 0.352. The van der Waals surface area contributed by atoms with Crippen molar-refractivity contribution in [2.75, 3.05) is 33.4 Å². The molecule has 1 fully saturated rings. The summed E-state index contributed by atoms with van der Waals surface area (Å²) in [6.07, 6.45) is 6.12. The molecule has 1 atom stereocenters. The molecule has 1 saturated heterocycles. The quantitative estimate of drug-likeness (QED) is 0.674. The highest BCUT2D eigenvalue weighted by Gasteiger charge is 2.19. The van der Waals surface area contributed by atoms with Crippen LogP contribution in [0.1, 0.15) is 37.7 Å². The Hall–Kier alpha value is -1.10. The second kappa shape index (κ2) is 9.82. The smallest absolute Gasteiger partial charge is 0.120 e. The van der Waals surface area contributed by atoms with Crippen LogP contribution in [0.3, 0.4) is 0 Å². The molecule has 0 aromatic heterocycles. The van der Waals surface area contributed by atoms with Crippen molar-refractivity contribution in [2.45, 2.75) is 44.8 Å². The molecule has 4 heteroatoms. The van der Waals surface area contributed by atoms with Gasteiger partial charge in [-0.25, -0.2) is 0 Å². The second-order valence-corrected chi connectivity index (χ2v) is 6.05. The van der Waals surface area contributed by atoms with Gasteiger partial charge in [-0.2, -0.15) is 0 Å². The van der Waals surface area contributed by atoms with Crippen LogP contribution in [0, 0.1) is 0 Å². The zero-order valence-electron chi connectivity index (χ0n) is 13.7. The van der Waals surface area contributed by atoms with Gasteiger partial charge < -0.3 is 14.6 Å². The number of phenolic OH excluding ortho intramolecular Hbond substituents is 1. The lowest BCUT2D eigenvalue weighted by molar-refractivity contribution is 0.0693. The van der Waals surface area contributed by atoms with Gasteiger partial charge in [0, 0.05) is 39.0 Å². The minimum absolute atomic E-state index is 0.352. The number of nitrogens with zero attached hydrogens (tertiary/aromatic N) is 1. The van der Waals surface area contributed by atoms with Crippen LogP contribution < -0.4 is 0 Å². The fraction of sp³-hybridized carbons (Fsp3) is 0.667. The van der Waals surface area contributed by atoms with Crippen molar-refractivity contribution < 1.29 is 14.6 Å². The lowest BCUT2D eigenvalue weighted by Crippen LogP contribution is -2.32. The van der Waals surface area contributed by atoms with E-state index in [1.165, 1.54) is 12.8 Å². The van der Waals surface area contributed by atoms with E-state index >= 15 is 0 Å². The molecular weight excluding hydrogens is 278 g/mol. The highest BCUT2D eigenvalue weighted by atomic mass is 16.5. The van der Waals surface area contributed by atoms with Crippen molar-refractivity contribution in [1.29, 1.82) is 0 Å². The van der Waals surface area contributed by atoms with E-state index in [1.54, 1.807) is 13.2 Å². The first kappa shape index (κ1) is 17.3. The van der Waals surface area contributed by atoms with E-state index in [-0.39, 0.29) is 0 Å². The number of para-hydroxylation sites is 1. The Morgan fingerprint density at radius 1 is 1.27 bits per heavy atom. The van der Waals surface area contributed by atoms with Gasteiger partial charge in [0.25, 0.3) is 0 Å². The Labute approximate surface area is 134 Å². The Bertz CT molecular complexity index is 419. The van der Waals surface area contributed by atoms with Gasteiger partial charge in [-0.05, 0) is 44.7 Å². The van der Waals surface area contributed by atoms with E-state index in [4.69, 9.17) is 9.47 Å². The molecule has 4 nitrogen and oxygen atoms in total. The van der Waals surface area contributed by atoms with Crippen LogP contribution in [0.25, 0.3) is 0 Å². The fourth-order valence-corrected chi connectivity index (χ4v) is 2.96. The van der Waals surface area contributed by atoms with Crippen molar-refractivity contribution in [2.24, 2.45) is 0 Å². The lowest BCUT2D eigenvalue weighted by atomic mass is 10.1. The van der Waals surface area contributed by atoms with Gasteiger partial charge in [0.2, 0.25) is 0 Å². The highest BCUT2D eigenvalue weighted by Crippen LogP contribution is 2.20. The maximum Gasteiger partial charge on any atom is 0.120 e. The van der Waals surface area contributed by atoms with Crippen molar-refractivity contribution in [1.82, 2.24) is 4.90 Å². The summed E-state index contributed by atoms with van der Waals surface area (Å²) < 4.78 is 10.9. The zero-order valence-corrected chi connectivity index (χ0v) is 13.7. The van der Waals surface area contributed by atoms with Crippen LogP contribution in [0.2, 0.25) is 0 Å². The molecule has 1 unspecified atom stereocenters. The number of phenols is 1. The third-order valence-electron chi connectivity index (χ3n) is 4.19. The Balaban J connectivity index is 1.84. The molecular formula is C18H29NO3. The molecule has 1 aliphatic rings. The number of ether oxygens (including phenoxy) is 2. The first-order valence-corrected chi connectivity index (χ1v) is 8.39. The van der Waals surface area contributed by atoms with Gasteiger partial charge in [0.05, 0.1) is 6.10 Å². The monoisotopic (exact) mass is 307 g/mol. The normalized spacial score (nSPS) is 18.2. The summed E-state index contributed by atoms with van der Waals surface area (Å²) in [6, 6.07) is 7.62. The van der Waals surface area contributed by atoms with Crippen molar-refractivity contribution in [3.8, 4) is 5.75 Å². The molecule has 1 aromatic rings. The van der Waals surface area contributed by atoms with Crippen molar-refractivity contribution >= 4 is 0 Å². The van der Waals surface area contributed by atoms with Crippen LogP contribution in [0.4, 0.5) is 0 Å². The molecule has 124 valence electrons. The van der Waals surface area contributed by atoms with Gasteiger partial charge in [0.1, 0.15) is 5.75 Å². The predicted octanol–water partition coefficient (Wildman–Crippen LogP) is 3.19. The topological polar surface area (TPSA) is 41.9 Å². The molecule has 1 aromatic carbocycles. The molecule has 1 heterocycles. The summed E-state index contributed by atoms with van der Waals surface area (Å²) in [4.78, 5) is 2.41. The summed E-state index contributed by atoms with van der Waals surface area (Å²) in [5.41, 5.74) is 0.998. The lowest BCUT2D eigenvalue weighted by Gasteiger charge is -2.25. The number of benzene rings is 1. The molecule has 1 aliphatic heterocycles. The average molecular weight is 307 g/mol. The number of hydrogen-bond donors (Lipinski definition) is 1. The van der Waals surface area contributed by atoms with Crippen LogP contribution >= 0.6 is 0 Å². The van der Waals surface area contributed by atoms with Crippen LogP contribution in [-0.4, -0.2) is 49.5 Å². The van der Waals surface area contributed by atoms with Crippen LogP contribution in [0.5, 0.6) is 5.75 Å². The van der Waals surface area contributed by atoms with Gasteiger partial charge >= 0.3 is 0 Å². The van der Waals surface area contributed by atoms with Gasteiger partial charge in [0.15, 0.2) is 0 Å². The van der Waals surface area contributed by atoms with Gasteiger partial charge in [-0.3, -0.25) is 4.90 Å². The Kier molecular flexibility index (Phi) is 7.71. The number of hydrogen-bond acceptors (Lipinski definition) is 4. The maximum atomic E-state index is 9.99. The van der Waals surface area contributed by atoms with Gasteiger partial charge in [-0.15, -0.1) is 0 Å². The third-order valence-corrected chi connectivity index (χ3v) is 4.19. The second-order valence-electron chi connectivity index (χ2n) is 6.05. The summed E-state index contributed by atoms with van der Waals surface area (Å²) in [6.45, 7) is 4.52. The van der Waals surface area contributed by atoms with Crippen LogP contribution in [-0.2, 0) is 16.0 Å². The molecule has 0 bridgehead atoms. The summed E-state index contributed by atoms with van der Waals surface area (Å²) in [5, 5.41) is 9.99. The number of rotatable bonds is 10. The average Bonchev–Trinajstić information content (AvgIpc) is 3.02.